The van der Waals surface area contributed by atoms with Gasteiger partial charge in [-0.25, -0.2) is 4.79 Å². The van der Waals surface area contributed by atoms with E-state index >= 15 is 0 Å². The van der Waals surface area contributed by atoms with Crippen molar-refractivity contribution in [2.75, 3.05) is 7.11 Å². The van der Waals surface area contributed by atoms with Gasteiger partial charge in [-0.2, -0.15) is 0 Å². The third-order valence-corrected chi connectivity index (χ3v) is 4.04. The van der Waals surface area contributed by atoms with Crippen LogP contribution >= 0.6 is 0 Å². The van der Waals surface area contributed by atoms with Crippen LogP contribution in [0.2, 0.25) is 0 Å². The van der Waals surface area contributed by atoms with Gasteiger partial charge in [-0.1, -0.05) is 18.2 Å². The SMILES string of the molecule is COc1ccc(C2Cc3cccc(OC(C)=O)c3C(=O)O2)cc1OC(C)=O. The minimum absolute atomic E-state index is 0.179. The van der Waals surface area contributed by atoms with Crippen molar-refractivity contribution in [2.45, 2.75) is 26.4 Å². The number of benzene rings is 2. The molecule has 2 aromatic carbocycles. The van der Waals surface area contributed by atoms with Crippen LogP contribution in [-0.4, -0.2) is 25.0 Å². The molecule has 2 aromatic rings. The van der Waals surface area contributed by atoms with Gasteiger partial charge < -0.3 is 18.9 Å². The van der Waals surface area contributed by atoms with Gasteiger partial charge in [-0.3, -0.25) is 9.59 Å². The van der Waals surface area contributed by atoms with E-state index in [1.54, 1.807) is 36.4 Å². The number of hydrogen-bond donors (Lipinski definition) is 0. The summed E-state index contributed by atoms with van der Waals surface area (Å²) in [7, 11) is 1.47. The van der Waals surface area contributed by atoms with Crippen molar-refractivity contribution < 1.29 is 33.3 Å². The van der Waals surface area contributed by atoms with Gasteiger partial charge in [0.2, 0.25) is 0 Å². The number of fused-ring (bicyclic) bond motifs is 1. The zero-order valence-electron chi connectivity index (χ0n) is 15.1. The number of carbonyl (C=O) groups excluding carboxylic acids is 3. The topological polar surface area (TPSA) is 88.1 Å². The molecule has 0 aromatic heterocycles. The lowest BCUT2D eigenvalue weighted by Gasteiger charge is -2.26. The minimum Gasteiger partial charge on any atom is -0.493 e. The van der Waals surface area contributed by atoms with Crippen LogP contribution in [0, 0.1) is 0 Å². The van der Waals surface area contributed by atoms with E-state index in [4.69, 9.17) is 18.9 Å². The van der Waals surface area contributed by atoms with Crippen LogP contribution in [0.5, 0.6) is 17.2 Å². The van der Waals surface area contributed by atoms with Crippen LogP contribution in [0.15, 0.2) is 36.4 Å². The van der Waals surface area contributed by atoms with Crippen LogP contribution < -0.4 is 14.2 Å². The molecule has 0 fully saturated rings. The molecule has 0 amide bonds. The fourth-order valence-corrected chi connectivity index (χ4v) is 2.96. The summed E-state index contributed by atoms with van der Waals surface area (Å²) in [6.07, 6.45) is -0.181. The Balaban J connectivity index is 1.94. The van der Waals surface area contributed by atoms with Crippen molar-refractivity contribution in [3.63, 3.8) is 0 Å². The molecule has 3 rings (SSSR count). The zero-order valence-corrected chi connectivity index (χ0v) is 15.1. The molecule has 140 valence electrons. The summed E-state index contributed by atoms with van der Waals surface area (Å²) >= 11 is 0. The maximum absolute atomic E-state index is 12.5. The minimum atomic E-state index is -0.581. The van der Waals surface area contributed by atoms with Crippen LogP contribution in [0.3, 0.4) is 0 Å². The van der Waals surface area contributed by atoms with Gasteiger partial charge in [0, 0.05) is 20.3 Å². The van der Waals surface area contributed by atoms with E-state index in [0.29, 0.717) is 23.3 Å². The first-order valence-electron chi connectivity index (χ1n) is 8.26. The molecular weight excluding hydrogens is 352 g/mol. The molecular formula is C20H18O7. The summed E-state index contributed by atoms with van der Waals surface area (Å²) in [4.78, 5) is 35.1. The van der Waals surface area contributed by atoms with Gasteiger partial charge in [0.25, 0.3) is 0 Å². The standard InChI is InChI=1S/C20H18O7/c1-11(21)25-16-6-4-5-14-10-17(27-20(23)19(14)16)13-7-8-15(24-3)18(9-13)26-12(2)22/h4-9,17H,10H2,1-3H3. The van der Waals surface area contributed by atoms with Gasteiger partial charge in [-0.05, 0) is 29.3 Å². The molecule has 0 aliphatic carbocycles. The Morgan fingerprint density at radius 3 is 2.37 bits per heavy atom. The maximum Gasteiger partial charge on any atom is 0.342 e. The highest BCUT2D eigenvalue weighted by Crippen LogP contribution is 2.38. The first-order chi connectivity index (χ1) is 12.9. The second kappa shape index (κ2) is 7.49. The van der Waals surface area contributed by atoms with Crippen molar-refractivity contribution in [3.05, 3.63) is 53.1 Å². The van der Waals surface area contributed by atoms with Crippen LogP contribution in [0.1, 0.15) is 41.4 Å². The second-order valence-corrected chi connectivity index (χ2v) is 5.99. The molecule has 1 aliphatic heterocycles. The number of methoxy groups -OCH3 is 1. The molecule has 0 spiro atoms. The first-order valence-corrected chi connectivity index (χ1v) is 8.26. The normalized spacial score (nSPS) is 15.4. The van der Waals surface area contributed by atoms with Gasteiger partial charge in [0.15, 0.2) is 11.5 Å². The second-order valence-electron chi connectivity index (χ2n) is 5.99. The van der Waals surface area contributed by atoms with Crippen LogP contribution in [0.25, 0.3) is 0 Å². The molecule has 0 radical (unpaired) electrons. The number of rotatable bonds is 4. The Morgan fingerprint density at radius 1 is 1.00 bits per heavy atom. The molecule has 1 atom stereocenters. The van der Waals surface area contributed by atoms with Gasteiger partial charge in [0.1, 0.15) is 17.4 Å². The Kier molecular flexibility index (Phi) is 5.12. The Morgan fingerprint density at radius 2 is 1.70 bits per heavy atom. The van der Waals surface area contributed by atoms with E-state index in [1.807, 2.05) is 0 Å². The first kappa shape index (κ1) is 18.4. The van der Waals surface area contributed by atoms with Crippen LogP contribution in [-0.2, 0) is 20.7 Å². The van der Waals surface area contributed by atoms with Crippen molar-refractivity contribution in [1.29, 1.82) is 0 Å². The highest BCUT2D eigenvalue weighted by atomic mass is 16.6. The van der Waals surface area contributed by atoms with Crippen molar-refractivity contribution in [1.82, 2.24) is 0 Å². The molecule has 1 aliphatic rings. The number of ether oxygens (including phenoxy) is 4. The predicted molar refractivity (Wildman–Crippen MR) is 93.9 cm³/mol. The Labute approximate surface area is 155 Å². The van der Waals surface area contributed by atoms with Gasteiger partial charge >= 0.3 is 17.9 Å². The van der Waals surface area contributed by atoms with Gasteiger partial charge in [0.05, 0.1) is 7.11 Å². The third kappa shape index (κ3) is 3.92. The fraction of sp³-hybridized carbons (Fsp3) is 0.250. The smallest absolute Gasteiger partial charge is 0.342 e. The zero-order chi connectivity index (χ0) is 19.6. The fourth-order valence-electron chi connectivity index (χ4n) is 2.96. The Hall–Kier alpha value is -3.35. The van der Waals surface area contributed by atoms with E-state index in [-0.39, 0.29) is 17.1 Å². The summed E-state index contributed by atoms with van der Waals surface area (Å²) in [6, 6.07) is 10.0. The number of cyclic esters (lactones) is 1. The largest absolute Gasteiger partial charge is 0.493 e. The lowest BCUT2D eigenvalue weighted by molar-refractivity contribution is -0.132. The molecule has 0 saturated carbocycles. The molecule has 0 saturated heterocycles. The molecule has 27 heavy (non-hydrogen) atoms. The summed E-state index contributed by atoms with van der Waals surface area (Å²) in [5.41, 5.74) is 1.61. The molecule has 0 bridgehead atoms. The van der Waals surface area contributed by atoms with E-state index < -0.39 is 24.0 Å². The Bertz CT molecular complexity index is 917. The number of carbonyl (C=O) groups is 3. The average molecular weight is 370 g/mol. The highest BCUT2D eigenvalue weighted by Gasteiger charge is 2.31. The lowest BCUT2D eigenvalue weighted by atomic mass is 9.94. The van der Waals surface area contributed by atoms with E-state index in [2.05, 4.69) is 0 Å². The number of hydrogen-bond acceptors (Lipinski definition) is 7. The summed E-state index contributed by atoms with van der Waals surface area (Å²) in [5, 5.41) is 0. The van der Waals surface area contributed by atoms with Crippen molar-refractivity contribution in [3.8, 4) is 17.2 Å². The molecule has 1 unspecified atom stereocenters. The van der Waals surface area contributed by atoms with Crippen molar-refractivity contribution >= 4 is 17.9 Å². The van der Waals surface area contributed by atoms with Crippen molar-refractivity contribution in [2.24, 2.45) is 0 Å². The lowest BCUT2D eigenvalue weighted by Crippen LogP contribution is -2.23. The third-order valence-electron chi connectivity index (χ3n) is 4.04. The molecule has 0 N–H and O–H groups in total. The summed E-state index contributed by atoms with van der Waals surface area (Å²) < 4.78 is 21.0. The molecule has 7 heteroatoms. The molecule has 7 nitrogen and oxygen atoms in total. The van der Waals surface area contributed by atoms with Crippen LogP contribution in [0.4, 0.5) is 0 Å². The quantitative estimate of drug-likeness (QED) is 0.604. The maximum atomic E-state index is 12.5. The van der Waals surface area contributed by atoms with Gasteiger partial charge in [-0.15, -0.1) is 0 Å². The molecule has 1 heterocycles. The summed E-state index contributed by atoms with van der Waals surface area (Å²) in [6.45, 7) is 2.56. The summed E-state index contributed by atoms with van der Waals surface area (Å²) in [5.74, 6) is -0.754. The van der Waals surface area contributed by atoms with E-state index in [0.717, 1.165) is 0 Å². The van der Waals surface area contributed by atoms with E-state index in [9.17, 15) is 14.4 Å². The van der Waals surface area contributed by atoms with E-state index in [1.165, 1.54) is 21.0 Å². The monoisotopic (exact) mass is 370 g/mol. The number of esters is 3. The average Bonchev–Trinajstić information content (AvgIpc) is 2.60. The predicted octanol–water partition coefficient (Wildman–Crippen LogP) is 3.00. The highest BCUT2D eigenvalue weighted by molar-refractivity contribution is 5.96.